The molecule has 0 atom stereocenters. The molecule has 2 N–H and O–H groups in total. The van der Waals surface area contributed by atoms with E-state index in [1.807, 2.05) is 0 Å². The molecule has 0 aromatic heterocycles. The van der Waals surface area contributed by atoms with E-state index in [1.54, 1.807) is 6.07 Å². The van der Waals surface area contributed by atoms with Crippen molar-refractivity contribution in [2.24, 2.45) is 0 Å². The maximum atomic E-state index is 12.0. The maximum Gasteiger partial charge on any atom is 0.482 e. The van der Waals surface area contributed by atoms with E-state index in [4.69, 9.17) is 10.0 Å². The van der Waals surface area contributed by atoms with Gasteiger partial charge in [0.05, 0.1) is 0 Å². The normalized spacial score (nSPS) is 9.50. The first-order chi connectivity index (χ1) is 4.79. The molecule has 0 unspecified atom stereocenters. The van der Waals surface area contributed by atoms with Crippen molar-refractivity contribution >= 4 is 7.69 Å². The zero-order chi connectivity index (χ0) is 7.56. The van der Waals surface area contributed by atoms with Gasteiger partial charge in [0.2, 0.25) is 5.95 Å². The Hall–Kier alpha value is -0.935. The fourth-order valence-corrected chi connectivity index (χ4v) is 0.601. The van der Waals surface area contributed by atoms with Crippen LogP contribution in [0, 0.1) is 5.95 Å². The van der Waals surface area contributed by atoms with Crippen LogP contribution in [0.4, 0.5) is 4.39 Å². The average molecular weight is 140 g/mol. The Morgan fingerprint density at radius 2 is 2.10 bits per heavy atom. The molecule has 0 bridgehead atoms. The van der Waals surface area contributed by atoms with Gasteiger partial charge in [0.15, 0.2) is 0 Å². The zero-order valence-corrected chi connectivity index (χ0v) is 4.95. The standard InChI is InChI=1S/C5H2FN.BH2O2/c6-5-4-1-3(4)2-7-5;2-1-3/h1-2H;2-3H. The van der Waals surface area contributed by atoms with E-state index in [0.29, 0.717) is 5.56 Å². The van der Waals surface area contributed by atoms with E-state index in [1.165, 1.54) is 6.20 Å². The van der Waals surface area contributed by atoms with Crippen LogP contribution in [0.1, 0.15) is 0 Å². The molecular formula is C5H4BFNO2. The lowest BCUT2D eigenvalue weighted by Crippen LogP contribution is -1.75. The average Bonchev–Trinajstić information content (AvgIpc) is 2.57. The Morgan fingerprint density at radius 3 is 2.20 bits per heavy atom. The lowest BCUT2D eigenvalue weighted by molar-refractivity contribution is 0.448. The van der Waals surface area contributed by atoms with Gasteiger partial charge in [-0.3, -0.25) is 0 Å². The van der Waals surface area contributed by atoms with Crippen molar-refractivity contribution in [1.82, 2.24) is 4.98 Å². The highest BCUT2D eigenvalue weighted by molar-refractivity contribution is 6.13. The summed E-state index contributed by atoms with van der Waals surface area (Å²) < 4.78 is 12.0. The van der Waals surface area contributed by atoms with Gasteiger partial charge in [-0.25, -0.2) is 4.98 Å². The molecule has 1 aliphatic heterocycles. The third-order valence-corrected chi connectivity index (χ3v) is 1.07. The zero-order valence-electron chi connectivity index (χ0n) is 4.95. The van der Waals surface area contributed by atoms with Gasteiger partial charge in [0.1, 0.15) is 0 Å². The molecule has 0 amide bonds. The van der Waals surface area contributed by atoms with E-state index in [-0.39, 0.29) is 13.6 Å². The van der Waals surface area contributed by atoms with Gasteiger partial charge in [0, 0.05) is 17.3 Å². The van der Waals surface area contributed by atoms with Crippen LogP contribution in [-0.2, 0) is 0 Å². The molecule has 1 aliphatic carbocycles. The summed E-state index contributed by atoms with van der Waals surface area (Å²) >= 11 is 0. The largest absolute Gasteiger partial charge is 0.482 e. The van der Waals surface area contributed by atoms with Gasteiger partial charge < -0.3 is 10.0 Å². The van der Waals surface area contributed by atoms with Crippen LogP contribution in [0.2, 0.25) is 0 Å². The van der Waals surface area contributed by atoms with E-state index in [0.717, 1.165) is 5.56 Å². The molecule has 1 heterocycles. The number of hydrogen-bond acceptors (Lipinski definition) is 3. The summed E-state index contributed by atoms with van der Waals surface area (Å²) in [4.78, 5) is 3.39. The van der Waals surface area contributed by atoms with Crippen LogP contribution in [-0.4, -0.2) is 22.7 Å². The minimum absolute atomic E-state index is 0. The summed E-state index contributed by atoms with van der Waals surface area (Å²) in [6.45, 7) is 0. The molecule has 0 aromatic carbocycles. The first-order valence-corrected chi connectivity index (χ1v) is 2.55. The molecular weight excluding hydrogens is 136 g/mol. The van der Waals surface area contributed by atoms with Gasteiger partial charge in [-0.1, -0.05) is 0 Å². The van der Waals surface area contributed by atoms with Gasteiger partial charge in [-0.2, -0.15) is 4.39 Å². The fourth-order valence-electron chi connectivity index (χ4n) is 0.601. The van der Waals surface area contributed by atoms with E-state index < -0.39 is 0 Å². The third-order valence-electron chi connectivity index (χ3n) is 1.07. The highest BCUT2D eigenvalue weighted by atomic mass is 19.1. The molecule has 0 saturated heterocycles. The number of fused-ring (bicyclic) bond motifs is 1. The molecule has 2 rings (SSSR count). The molecule has 2 aliphatic rings. The summed E-state index contributed by atoms with van der Waals surface area (Å²) in [5, 5.41) is 14.0. The Bertz CT molecular complexity index is 243. The smallest absolute Gasteiger partial charge is 0.429 e. The second-order valence-corrected chi connectivity index (χ2v) is 1.68. The number of hydrogen-bond donors (Lipinski definition) is 2. The van der Waals surface area contributed by atoms with E-state index in [9.17, 15) is 4.39 Å². The molecule has 0 fully saturated rings. The Morgan fingerprint density at radius 1 is 1.50 bits per heavy atom. The molecule has 0 spiro atoms. The number of rotatable bonds is 0. The van der Waals surface area contributed by atoms with Gasteiger partial charge in [-0.15, -0.1) is 0 Å². The van der Waals surface area contributed by atoms with Crippen LogP contribution < -0.4 is 0 Å². The number of halogens is 1. The monoisotopic (exact) mass is 140 g/mol. The molecule has 0 aromatic rings. The first-order valence-electron chi connectivity index (χ1n) is 2.55. The van der Waals surface area contributed by atoms with Crippen LogP contribution in [0.3, 0.4) is 0 Å². The maximum absolute atomic E-state index is 12.0. The van der Waals surface area contributed by atoms with Crippen molar-refractivity contribution < 1.29 is 14.4 Å². The van der Waals surface area contributed by atoms with Gasteiger partial charge in [-0.05, 0) is 6.07 Å². The summed E-state index contributed by atoms with van der Waals surface area (Å²) in [6.07, 6.45) is 1.53. The first kappa shape index (κ1) is 7.18. The van der Waals surface area contributed by atoms with Crippen LogP contribution in [0.5, 0.6) is 0 Å². The van der Waals surface area contributed by atoms with Crippen molar-refractivity contribution in [3.8, 4) is 11.1 Å². The minimum Gasteiger partial charge on any atom is -0.429 e. The highest BCUT2D eigenvalue weighted by Crippen LogP contribution is 2.34. The quantitative estimate of drug-likeness (QED) is 0.390. The predicted octanol–water partition coefficient (Wildman–Crippen LogP) is -0.294. The minimum atomic E-state index is -0.324. The number of aromatic nitrogens is 1. The van der Waals surface area contributed by atoms with Crippen molar-refractivity contribution in [1.29, 1.82) is 0 Å². The summed E-state index contributed by atoms with van der Waals surface area (Å²) in [6, 6.07) is 1.77. The highest BCUT2D eigenvalue weighted by Gasteiger charge is 2.18. The summed E-state index contributed by atoms with van der Waals surface area (Å²) in [5.41, 5.74) is 1.65. The Kier molecular flexibility index (Phi) is 1.98. The van der Waals surface area contributed by atoms with E-state index >= 15 is 0 Å². The predicted molar refractivity (Wildman–Crippen MR) is 33.4 cm³/mol. The molecule has 3 nitrogen and oxygen atoms in total. The van der Waals surface area contributed by atoms with Crippen molar-refractivity contribution in [3.05, 3.63) is 18.2 Å². The summed E-state index contributed by atoms with van der Waals surface area (Å²) in [5.74, 6) is -0.324. The number of pyridine rings is 1. The summed E-state index contributed by atoms with van der Waals surface area (Å²) in [7, 11) is 0. The molecule has 0 saturated carbocycles. The third kappa shape index (κ3) is 1.31. The fraction of sp³-hybridized carbons (Fsp3) is 0. The molecule has 51 valence electrons. The lowest BCUT2D eigenvalue weighted by atomic mass is 10.5. The van der Waals surface area contributed by atoms with Gasteiger partial charge >= 0.3 is 7.69 Å². The van der Waals surface area contributed by atoms with Gasteiger partial charge in [0.25, 0.3) is 0 Å². The number of nitrogens with zero attached hydrogens (tertiary/aromatic N) is 1. The topological polar surface area (TPSA) is 53.4 Å². The van der Waals surface area contributed by atoms with Crippen LogP contribution in [0.25, 0.3) is 11.1 Å². The van der Waals surface area contributed by atoms with E-state index in [2.05, 4.69) is 4.98 Å². The molecule has 5 heteroatoms. The second kappa shape index (κ2) is 2.77. The lowest BCUT2D eigenvalue weighted by Gasteiger charge is -1.65. The Balaban J connectivity index is 0.000000148. The van der Waals surface area contributed by atoms with Crippen molar-refractivity contribution in [2.75, 3.05) is 0 Å². The molecule has 1 radical (unpaired) electrons. The second-order valence-electron chi connectivity index (χ2n) is 1.68. The SMILES string of the molecule is Fc1ncc2cc1-2.O[B]O. The Labute approximate surface area is 57.5 Å². The van der Waals surface area contributed by atoms with Crippen LogP contribution >= 0.6 is 0 Å². The van der Waals surface area contributed by atoms with Crippen molar-refractivity contribution in [3.63, 3.8) is 0 Å². The van der Waals surface area contributed by atoms with Crippen molar-refractivity contribution in [2.45, 2.75) is 0 Å². The van der Waals surface area contributed by atoms with Crippen LogP contribution in [0.15, 0.2) is 12.3 Å². The molecule has 10 heavy (non-hydrogen) atoms.